The van der Waals surface area contributed by atoms with Gasteiger partial charge in [-0.2, -0.15) is 0 Å². The summed E-state index contributed by atoms with van der Waals surface area (Å²) in [4.78, 5) is 11.6. The predicted octanol–water partition coefficient (Wildman–Crippen LogP) is 3.12. The number of rotatable bonds is 8. The fourth-order valence-corrected chi connectivity index (χ4v) is 2.52. The van der Waals surface area contributed by atoms with Crippen molar-refractivity contribution in [3.8, 4) is 0 Å². The van der Waals surface area contributed by atoms with Crippen LogP contribution in [0.25, 0.3) is 0 Å². The van der Waals surface area contributed by atoms with Gasteiger partial charge in [-0.15, -0.1) is 0 Å². The zero-order valence-corrected chi connectivity index (χ0v) is 12.1. The molecule has 0 aromatic carbocycles. The van der Waals surface area contributed by atoms with Gasteiger partial charge in [0.25, 0.3) is 0 Å². The van der Waals surface area contributed by atoms with E-state index in [0.717, 1.165) is 25.7 Å². The maximum absolute atomic E-state index is 11.6. The molecule has 3 atom stereocenters. The molecule has 3 nitrogen and oxygen atoms in total. The standard InChI is InChI=1S/C14H29NO2/c1-6-11(4)9-14(8-3,12(15)7-2)10-13(16)17-5/h11-12H,6-10,15H2,1-5H3. The Morgan fingerprint density at radius 3 is 2.24 bits per heavy atom. The van der Waals surface area contributed by atoms with E-state index < -0.39 is 0 Å². The fourth-order valence-electron chi connectivity index (χ4n) is 2.52. The molecule has 2 N–H and O–H groups in total. The summed E-state index contributed by atoms with van der Waals surface area (Å²) in [5.74, 6) is 0.455. The van der Waals surface area contributed by atoms with Gasteiger partial charge in [-0.3, -0.25) is 4.79 Å². The molecule has 0 bridgehead atoms. The lowest BCUT2D eigenvalue weighted by molar-refractivity contribution is -0.144. The summed E-state index contributed by atoms with van der Waals surface area (Å²) in [6, 6.07) is 0.0700. The van der Waals surface area contributed by atoms with Crippen LogP contribution in [-0.4, -0.2) is 19.1 Å². The Bertz CT molecular complexity index is 230. The molecule has 17 heavy (non-hydrogen) atoms. The van der Waals surface area contributed by atoms with E-state index in [1.54, 1.807) is 0 Å². The van der Waals surface area contributed by atoms with Crippen LogP contribution in [0.15, 0.2) is 0 Å². The number of ether oxygens (including phenoxy) is 1. The first kappa shape index (κ1) is 16.4. The van der Waals surface area contributed by atoms with Crippen LogP contribution >= 0.6 is 0 Å². The van der Waals surface area contributed by atoms with E-state index in [9.17, 15) is 4.79 Å². The second kappa shape index (κ2) is 7.70. The number of methoxy groups -OCH3 is 1. The molecule has 0 aliphatic carbocycles. The normalized spacial score (nSPS) is 18.2. The maximum atomic E-state index is 11.6. The van der Waals surface area contributed by atoms with Crippen molar-refractivity contribution in [2.45, 2.75) is 65.8 Å². The number of hydrogen-bond acceptors (Lipinski definition) is 3. The third kappa shape index (κ3) is 4.66. The molecule has 0 rings (SSSR count). The molecule has 0 aliphatic rings. The molecule has 0 radical (unpaired) electrons. The van der Waals surface area contributed by atoms with Gasteiger partial charge in [0, 0.05) is 6.04 Å². The Balaban J connectivity index is 4.92. The van der Waals surface area contributed by atoms with E-state index in [0.29, 0.717) is 12.3 Å². The topological polar surface area (TPSA) is 52.3 Å². The quantitative estimate of drug-likeness (QED) is 0.666. The van der Waals surface area contributed by atoms with E-state index in [-0.39, 0.29) is 17.4 Å². The summed E-state index contributed by atoms with van der Waals surface area (Å²) in [5, 5.41) is 0. The number of esters is 1. The first-order chi connectivity index (χ1) is 7.95. The lowest BCUT2D eigenvalue weighted by Crippen LogP contribution is -2.44. The molecule has 0 amide bonds. The lowest BCUT2D eigenvalue weighted by Gasteiger charge is -2.39. The first-order valence-electron chi connectivity index (χ1n) is 6.78. The van der Waals surface area contributed by atoms with Gasteiger partial charge in [-0.05, 0) is 30.6 Å². The van der Waals surface area contributed by atoms with Crippen LogP contribution in [0.2, 0.25) is 0 Å². The van der Waals surface area contributed by atoms with Crippen LogP contribution in [0, 0.1) is 11.3 Å². The Kier molecular flexibility index (Phi) is 7.44. The van der Waals surface area contributed by atoms with Crippen molar-refractivity contribution in [2.75, 3.05) is 7.11 Å². The zero-order chi connectivity index (χ0) is 13.5. The summed E-state index contributed by atoms with van der Waals surface area (Å²) in [5.41, 5.74) is 6.16. The minimum Gasteiger partial charge on any atom is -0.469 e. The average molecular weight is 243 g/mol. The lowest BCUT2D eigenvalue weighted by atomic mass is 9.68. The van der Waals surface area contributed by atoms with E-state index in [1.807, 2.05) is 0 Å². The molecule has 102 valence electrons. The average Bonchev–Trinajstić information content (AvgIpc) is 2.36. The highest BCUT2D eigenvalue weighted by Gasteiger charge is 2.37. The van der Waals surface area contributed by atoms with E-state index in [1.165, 1.54) is 7.11 Å². The third-order valence-corrected chi connectivity index (χ3v) is 4.11. The van der Waals surface area contributed by atoms with Gasteiger partial charge in [0.1, 0.15) is 0 Å². The predicted molar refractivity (Wildman–Crippen MR) is 71.7 cm³/mol. The highest BCUT2D eigenvalue weighted by Crippen LogP contribution is 2.39. The maximum Gasteiger partial charge on any atom is 0.306 e. The van der Waals surface area contributed by atoms with E-state index >= 15 is 0 Å². The van der Waals surface area contributed by atoms with Gasteiger partial charge < -0.3 is 10.5 Å². The largest absolute Gasteiger partial charge is 0.469 e. The number of carbonyl (C=O) groups is 1. The van der Waals surface area contributed by atoms with Gasteiger partial charge in [-0.1, -0.05) is 34.1 Å². The van der Waals surface area contributed by atoms with Crippen molar-refractivity contribution in [3.63, 3.8) is 0 Å². The van der Waals surface area contributed by atoms with Crippen molar-refractivity contribution < 1.29 is 9.53 Å². The molecule has 3 unspecified atom stereocenters. The minimum atomic E-state index is -0.140. The minimum absolute atomic E-state index is 0.0700. The highest BCUT2D eigenvalue weighted by molar-refractivity contribution is 5.70. The molecule has 3 heteroatoms. The molecule has 0 spiro atoms. The summed E-state index contributed by atoms with van der Waals surface area (Å²) < 4.78 is 4.82. The Morgan fingerprint density at radius 1 is 1.29 bits per heavy atom. The molecule has 0 aromatic rings. The Hall–Kier alpha value is -0.570. The van der Waals surface area contributed by atoms with Crippen LogP contribution in [0.5, 0.6) is 0 Å². The van der Waals surface area contributed by atoms with Crippen LogP contribution in [0.4, 0.5) is 0 Å². The molecular weight excluding hydrogens is 214 g/mol. The number of nitrogens with two attached hydrogens (primary N) is 1. The molecule has 0 heterocycles. The summed E-state index contributed by atoms with van der Waals surface area (Å²) in [6.45, 7) is 8.62. The fraction of sp³-hybridized carbons (Fsp3) is 0.929. The second-order valence-electron chi connectivity index (χ2n) is 5.20. The molecule has 0 fully saturated rings. The smallest absolute Gasteiger partial charge is 0.306 e. The van der Waals surface area contributed by atoms with Crippen molar-refractivity contribution in [1.82, 2.24) is 0 Å². The Morgan fingerprint density at radius 2 is 1.88 bits per heavy atom. The molecule has 0 saturated carbocycles. The first-order valence-corrected chi connectivity index (χ1v) is 6.78. The number of hydrogen-bond donors (Lipinski definition) is 1. The van der Waals surface area contributed by atoms with Crippen LogP contribution < -0.4 is 5.73 Å². The van der Waals surface area contributed by atoms with Crippen molar-refractivity contribution in [2.24, 2.45) is 17.1 Å². The summed E-state index contributed by atoms with van der Waals surface area (Å²) >= 11 is 0. The van der Waals surface area contributed by atoms with Crippen LogP contribution in [0.3, 0.4) is 0 Å². The summed E-state index contributed by atoms with van der Waals surface area (Å²) in [6.07, 6.45) is 4.41. The zero-order valence-electron chi connectivity index (χ0n) is 12.1. The molecule has 0 aliphatic heterocycles. The van der Waals surface area contributed by atoms with Crippen molar-refractivity contribution in [3.05, 3.63) is 0 Å². The van der Waals surface area contributed by atoms with Gasteiger partial charge in [0.05, 0.1) is 13.5 Å². The molecule has 0 saturated heterocycles. The SMILES string of the molecule is CCC(C)CC(CC)(CC(=O)OC)C(N)CC. The highest BCUT2D eigenvalue weighted by atomic mass is 16.5. The van der Waals surface area contributed by atoms with E-state index in [2.05, 4.69) is 27.7 Å². The Labute approximate surface area is 106 Å². The van der Waals surface area contributed by atoms with E-state index in [4.69, 9.17) is 10.5 Å². The van der Waals surface area contributed by atoms with Gasteiger partial charge >= 0.3 is 5.97 Å². The van der Waals surface area contributed by atoms with Crippen molar-refractivity contribution in [1.29, 1.82) is 0 Å². The van der Waals surface area contributed by atoms with Gasteiger partial charge in [0.2, 0.25) is 0 Å². The van der Waals surface area contributed by atoms with Crippen LogP contribution in [-0.2, 0) is 9.53 Å². The van der Waals surface area contributed by atoms with Gasteiger partial charge in [-0.25, -0.2) is 0 Å². The van der Waals surface area contributed by atoms with Crippen molar-refractivity contribution >= 4 is 5.97 Å². The second-order valence-corrected chi connectivity index (χ2v) is 5.20. The van der Waals surface area contributed by atoms with Crippen LogP contribution in [0.1, 0.15) is 59.8 Å². The molecule has 0 aromatic heterocycles. The monoisotopic (exact) mass is 243 g/mol. The number of carbonyl (C=O) groups excluding carboxylic acids is 1. The third-order valence-electron chi connectivity index (χ3n) is 4.11. The van der Waals surface area contributed by atoms with Gasteiger partial charge in [0.15, 0.2) is 0 Å². The molecular formula is C14H29NO2. The summed E-state index contributed by atoms with van der Waals surface area (Å²) in [7, 11) is 1.45.